The van der Waals surface area contributed by atoms with Crippen LogP contribution in [-0.2, 0) is 67.2 Å². The minimum Gasteiger partial charge on any atom is -0.744 e. The number of hydrogen-bond donors (Lipinski definition) is 2. The number of halogens is 2. The van der Waals surface area contributed by atoms with Gasteiger partial charge in [-0.15, -0.1) is 0 Å². The van der Waals surface area contributed by atoms with E-state index in [1.807, 2.05) is 109 Å². The highest BCUT2D eigenvalue weighted by molar-refractivity contribution is 7.89. The van der Waals surface area contributed by atoms with Crippen LogP contribution < -0.4 is 0 Å². The minimum atomic E-state index is -5.07. The van der Waals surface area contributed by atoms with Gasteiger partial charge in [0, 0.05) is 27.3 Å². The zero-order chi connectivity index (χ0) is 61.6. The molecule has 0 bridgehead atoms. The van der Waals surface area contributed by atoms with E-state index >= 15 is 0 Å². The second-order valence-electron chi connectivity index (χ2n) is 23.7. The van der Waals surface area contributed by atoms with Gasteiger partial charge in [-0.05, 0) is 83.7 Å². The van der Waals surface area contributed by atoms with Crippen LogP contribution in [0.1, 0.15) is 110 Å². The number of fused-ring (bicyclic) bond motifs is 1. The van der Waals surface area contributed by atoms with Crippen LogP contribution in [0.25, 0.3) is 10.8 Å². The molecule has 86 heavy (non-hydrogen) atoms. The molecule has 2 heterocycles. The van der Waals surface area contributed by atoms with E-state index in [1.54, 1.807) is 18.5 Å². The maximum atomic E-state index is 12.0. The van der Waals surface area contributed by atoms with Gasteiger partial charge in [0.15, 0.2) is 22.7 Å². The smallest absolute Gasteiger partial charge is 0.231 e. The number of ether oxygens (including phenoxy) is 2. The molecule has 20 heteroatoms. The average Bonchev–Trinajstić information content (AvgIpc) is 1.53. The van der Waals surface area contributed by atoms with Gasteiger partial charge in [-0.25, -0.2) is 26.8 Å². The highest BCUT2D eigenvalue weighted by Crippen LogP contribution is 2.45. The molecule has 2 fully saturated rings. The third-order valence-corrected chi connectivity index (χ3v) is 18.6. The predicted octanol–water partition coefficient (Wildman–Crippen LogP) is 12.5. The molecule has 0 spiro atoms. The number of rotatable bonds is 22. The molecule has 0 radical (unpaired) electrons. The minimum absolute atomic E-state index is 0.0792. The maximum Gasteiger partial charge on any atom is 0.231 e. The maximum absolute atomic E-state index is 12.0. The lowest BCUT2D eigenvalue weighted by Crippen LogP contribution is -2.41. The summed E-state index contributed by atoms with van der Waals surface area (Å²) in [5.41, 5.74) is 1.55. The van der Waals surface area contributed by atoms with Crippen molar-refractivity contribution < 1.29 is 63.4 Å². The van der Waals surface area contributed by atoms with Crippen LogP contribution in [0.5, 0.6) is 0 Å². The van der Waals surface area contributed by atoms with Gasteiger partial charge in [0.2, 0.25) is 11.8 Å². The van der Waals surface area contributed by atoms with Gasteiger partial charge >= 0.3 is 0 Å². The fourth-order valence-electron chi connectivity index (χ4n) is 11.5. The largest absolute Gasteiger partial charge is 0.744 e. The van der Waals surface area contributed by atoms with Crippen LogP contribution in [0.15, 0.2) is 177 Å². The van der Waals surface area contributed by atoms with Gasteiger partial charge in [0.05, 0.1) is 76.8 Å². The first-order valence-corrected chi connectivity index (χ1v) is 32.7. The van der Waals surface area contributed by atoms with Crippen LogP contribution >= 0.6 is 23.2 Å². The van der Waals surface area contributed by atoms with Crippen molar-refractivity contribution in [2.24, 2.45) is 11.8 Å². The van der Waals surface area contributed by atoms with Gasteiger partial charge in [-0.1, -0.05) is 177 Å². The Morgan fingerprint density at radius 2 is 0.930 bits per heavy atom. The number of likely N-dealkylation sites (N-methyl/N-ethyl adjacent to an activating group) is 2. The van der Waals surface area contributed by atoms with Gasteiger partial charge < -0.3 is 46.6 Å². The average molecular weight is 1250 g/mol. The number of benzene rings is 6. The standard InChI is InChI=1S/2C28H36ClN2O3.C10H8O6S2/c2*1-31(2,17-18-33-21-22-13-15-25(29)16-14-22)20-26-19-30-27(34-26)28(32,23-9-5-3-6-10-23)24-11-7-4-8-12-24;11-17(12,13)9-6-5-7-3-1-2-4-8(7)10(9)18(14,15)16/h2*3,5-6,9-10,13-16,19,24,32H,4,7-8,11-12,17-18,20-21H2,1-2H3;1-6H,(H,11,12,13)(H,14,15,16)/q2*+1;/p-2/t2*28-;/m00./s1. The lowest BCUT2D eigenvalue weighted by molar-refractivity contribution is -0.905. The Kier molecular flexibility index (Phi) is 22.6. The molecule has 0 amide bonds. The Balaban J connectivity index is 0.000000176. The first-order chi connectivity index (χ1) is 40.9. The first kappa shape index (κ1) is 66.1. The number of nitrogens with zero attached hydrogens (tertiary/aromatic N) is 4. The van der Waals surface area contributed by atoms with Crippen LogP contribution in [0.4, 0.5) is 0 Å². The van der Waals surface area contributed by atoms with Crippen molar-refractivity contribution in [1.82, 2.24) is 9.97 Å². The third-order valence-electron chi connectivity index (χ3n) is 16.2. The van der Waals surface area contributed by atoms with Gasteiger partial charge in [0.25, 0.3) is 0 Å². The molecule has 2 aliphatic carbocycles. The van der Waals surface area contributed by atoms with Crippen molar-refractivity contribution in [3.05, 3.63) is 214 Å². The molecule has 2 aromatic heterocycles. The zero-order valence-corrected chi connectivity index (χ0v) is 52.4. The fourth-order valence-corrected chi connectivity index (χ4v) is 13.7. The number of aromatic nitrogens is 2. The predicted molar refractivity (Wildman–Crippen MR) is 328 cm³/mol. The lowest BCUT2D eigenvalue weighted by atomic mass is 9.73. The molecule has 2 atom stereocenters. The number of aliphatic hydroxyl groups is 2. The van der Waals surface area contributed by atoms with E-state index in [0.29, 0.717) is 65.7 Å². The molecular weight excluding hydrogens is 1180 g/mol. The van der Waals surface area contributed by atoms with Crippen molar-refractivity contribution in [2.75, 3.05) is 54.5 Å². The van der Waals surface area contributed by atoms with Crippen molar-refractivity contribution in [3.63, 3.8) is 0 Å². The monoisotopic (exact) mass is 1250 g/mol. The number of hydrogen-bond acceptors (Lipinski definition) is 14. The highest BCUT2D eigenvalue weighted by Gasteiger charge is 2.46. The summed E-state index contributed by atoms with van der Waals surface area (Å²) >= 11 is 11.9. The number of oxazole rings is 2. The zero-order valence-electron chi connectivity index (χ0n) is 49.2. The Morgan fingerprint density at radius 3 is 1.33 bits per heavy atom. The molecular formula is C66H78Cl2N4O12S2. The van der Waals surface area contributed by atoms with E-state index in [1.165, 1.54) is 37.1 Å². The van der Waals surface area contributed by atoms with E-state index < -0.39 is 41.2 Å². The van der Waals surface area contributed by atoms with E-state index in [0.717, 1.165) is 114 Å². The van der Waals surface area contributed by atoms with Crippen LogP contribution in [0.3, 0.4) is 0 Å². The Morgan fingerprint density at radius 1 is 0.535 bits per heavy atom. The highest BCUT2D eigenvalue weighted by atomic mass is 35.5. The summed E-state index contributed by atoms with van der Waals surface area (Å²) in [6, 6.07) is 43.1. The van der Waals surface area contributed by atoms with E-state index in [9.17, 15) is 36.2 Å². The van der Waals surface area contributed by atoms with E-state index in [2.05, 4.69) is 38.2 Å². The molecule has 10 rings (SSSR count). The summed E-state index contributed by atoms with van der Waals surface area (Å²) in [4.78, 5) is 7.19. The normalized spacial score (nSPS) is 16.1. The molecule has 8 aromatic rings. The summed E-state index contributed by atoms with van der Waals surface area (Å²) in [5, 5.41) is 25.7. The summed E-state index contributed by atoms with van der Waals surface area (Å²) in [6.45, 7) is 5.40. The summed E-state index contributed by atoms with van der Waals surface area (Å²) < 4.78 is 92.1. The SMILES string of the molecule is C[N+](C)(CCOCc1ccc(Cl)cc1)Cc1cnc([C@](O)(c2ccccc2)C2CCCCC2)o1.C[N+](C)(CCOCc1ccc(Cl)cc1)Cc1cnc([C@](O)(c2ccccc2)C2CCCCC2)o1.O=S(=O)([O-])c1ccc2ccccc2c1S(=O)(=O)[O-]. The van der Waals surface area contributed by atoms with Gasteiger partial charge in [-0.2, -0.15) is 0 Å². The third kappa shape index (κ3) is 17.7. The molecule has 460 valence electrons. The summed E-state index contributed by atoms with van der Waals surface area (Å²) in [6.07, 6.45) is 14.5. The lowest BCUT2D eigenvalue weighted by Gasteiger charge is -2.36. The second-order valence-corrected chi connectivity index (χ2v) is 27.3. The van der Waals surface area contributed by atoms with Crippen LogP contribution in [0, 0.1) is 11.8 Å². The summed E-state index contributed by atoms with van der Waals surface area (Å²) in [7, 11) is -1.50. The Labute approximate surface area is 516 Å². The quantitative estimate of drug-likeness (QED) is 0.0366. The molecule has 16 nitrogen and oxygen atoms in total. The fraction of sp³-hybridized carbons (Fsp3) is 0.394. The molecule has 2 N–H and O–H groups in total. The Hall–Kier alpha value is -5.84. The summed E-state index contributed by atoms with van der Waals surface area (Å²) in [5.74, 6) is 2.61. The first-order valence-electron chi connectivity index (χ1n) is 29.1. The van der Waals surface area contributed by atoms with Crippen LogP contribution in [0.2, 0.25) is 10.0 Å². The molecule has 2 saturated carbocycles. The van der Waals surface area contributed by atoms with Crippen LogP contribution in [-0.4, -0.2) is 110 Å². The second kappa shape index (κ2) is 29.4. The van der Waals surface area contributed by atoms with Gasteiger partial charge in [0.1, 0.15) is 46.4 Å². The molecule has 0 aliphatic heterocycles. The van der Waals surface area contributed by atoms with Crippen molar-refractivity contribution in [1.29, 1.82) is 0 Å². The topological polar surface area (TPSA) is 225 Å². The molecule has 2 aliphatic rings. The molecule has 0 saturated heterocycles. The molecule has 0 unspecified atom stereocenters. The van der Waals surface area contributed by atoms with E-state index in [-0.39, 0.29) is 17.2 Å². The molecule has 6 aromatic carbocycles. The van der Waals surface area contributed by atoms with Crippen molar-refractivity contribution >= 4 is 54.2 Å². The van der Waals surface area contributed by atoms with E-state index in [4.69, 9.17) is 41.5 Å². The van der Waals surface area contributed by atoms with Gasteiger partial charge in [-0.3, -0.25) is 0 Å². The Bertz CT molecular complexity index is 3480. The number of quaternary nitrogens is 2. The van der Waals surface area contributed by atoms with Crippen molar-refractivity contribution in [3.8, 4) is 0 Å². The van der Waals surface area contributed by atoms with Crippen molar-refractivity contribution in [2.45, 2.75) is 112 Å².